The molecule has 1 heterocycles. The first-order chi connectivity index (χ1) is 13.3. The maximum Gasteiger partial charge on any atom is 0.326 e. The molecule has 2 bridgehead atoms. The Balaban J connectivity index is 1.30. The van der Waals surface area contributed by atoms with Crippen LogP contribution in [0.4, 0.5) is 5.69 Å². The van der Waals surface area contributed by atoms with Gasteiger partial charge in [-0.1, -0.05) is 29.8 Å². The zero-order chi connectivity index (χ0) is 20.0. The van der Waals surface area contributed by atoms with E-state index in [1.54, 1.807) is 25.1 Å². The summed E-state index contributed by atoms with van der Waals surface area (Å²) in [5.41, 5.74) is 1.33. The van der Waals surface area contributed by atoms with Gasteiger partial charge in [-0.15, -0.1) is 0 Å². The van der Waals surface area contributed by atoms with Crippen molar-refractivity contribution in [2.75, 3.05) is 18.5 Å². The van der Waals surface area contributed by atoms with Crippen LogP contribution >= 0.6 is 11.6 Å². The van der Waals surface area contributed by atoms with E-state index < -0.39 is 25.0 Å². The SMILES string of the molecule is Cc1ccc(Cl)cc1NC(=O)COC(=O)CN1C(=O)[C@@H]2[C@H](C1=O)[C@@H]1C=C[C@H]2C1. The van der Waals surface area contributed by atoms with Crippen LogP contribution in [0.15, 0.2) is 30.4 Å². The number of esters is 1. The number of imide groups is 1. The smallest absolute Gasteiger partial charge is 0.326 e. The number of benzene rings is 1. The predicted octanol–water partition coefficient (Wildman–Crippen LogP) is 1.94. The second kappa shape index (κ2) is 7.05. The van der Waals surface area contributed by atoms with Crippen LogP contribution in [-0.2, 0) is 23.9 Å². The minimum Gasteiger partial charge on any atom is -0.454 e. The van der Waals surface area contributed by atoms with Gasteiger partial charge in [0.05, 0.1) is 11.8 Å². The van der Waals surface area contributed by atoms with Gasteiger partial charge in [-0.05, 0) is 42.9 Å². The maximum atomic E-state index is 12.5. The lowest BCUT2D eigenvalue weighted by atomic mass is 9.85. The minimum atomic E-state index is -0.792. The lowest BCUT2D eigenvalue weighted by molar-refractivity contribution is -0.154. The Morgan fingerprint density at radius 3 is 2.46 bits per heavy atom. The van der Waals surface area contributed by atoms with Crippen LogP contribution < -0.4 is 5.32 Å². The Morgan fingerprint density at radius 1 is 1.18 bits per heavy atom. The Labute approximate surface area is 166 Å². The van der Waals surface area contributed by atoms with Crippen LogP contribution in [0.25, 0.3) is 0 Å². The van der Waals surface area contributed by atoms with Crippen LogP contribution in [0.2, 0.25) is 5.02 Å². The largest absolute Gasteiger partial charge is 0.454 e. The Morgan fingerprint density at radius 2 is 1.82 bits per heavy atom. The first kappa shape index (κ1) is 18.7. The van der Waals surface area contributed by atoms with Gasteiger partial charge >= 0.3 is 5.97 Å². The monoisotopic (exact) mass is 402 g/mol. The fourth-order valence-electron chi connectivity index (χ4n) is 4.36. The normalized spacial score (nSPS) is 27.3. The van der Waals surface area contributed by atoms with E-state index in [1.165, 1.54) is 0 Å². The highest BCUT2D eigenvalue weighted by atomic mass is 35.5. The van der Waals surface area contributed by atoms with E-state index >= 15 is 0 Å². The van der Waals surface area contributed by atoms with Crippen molar-refractivity contribution in [3.8, 4) is 0 Å². The number of nitrogens with one attached hydrogen (secondary N) is 1. The highest BCUT2D eigenvalue weighted by molar-refractivity contribution is 6.31. The molecule has 4 atom stereocenters. The Hall–Kier alpha value is -2.67. The average molecular weight is 403 g/mol. The van der Waals surface area contributed by atoms with Crippen LogP contribution in [-0.4, -0.2) is 41.7 Å². The summed E-state index contributed by atoms with van der Waals surface area (Å²) in [6.45, 7) is 0.829. The molecule has 0 unspecified atom stereocenters. The zero-order valence-corrected chi connectivity index (χ0v) is 15.9. The van der Waals surface area contributed by atoms with E-state index in [1.807, 2.05) is 12.2 Å². The second-order valence-corrected chi connectivity index (χ2v) is 7.87. The Bertz CT molecular complexity index is 882. The predicted molar refractivity (Wildman–Crippen MR) is 100 cm³/mol. The van der Waals surface area contributed by atoms with Crippen LogP contribution in [0.5, 0.6) is 0 Å². The summed E-state index contributed by atoms with van der Waals surface area (Å²) in [5.74, 6) is -2.50. The number of nitrogens with zero attached hydrogens (tertiary/aromatic N) is 1. The molecule has 28 heavy (non-hydrogen) atoms. The summed E-state index contributed by atoms with van der Waals surface area (Å²) in [6.07, 6.45) is 4.80. The molecule has 2 aliphatic carbocycles. The molecule has 3 aliphatic rings. The summed E-state index contributed by atoms with van der Waals surface area (Å²) in [4.78, 5) is 50.2. The van der Waals surface area contributed by atoms with Gasteiger partial charge < -0.3 is 10.1 Å². The van der Waals surface area contributed by atoms with Crippen molar-refractivity contribution < 1.29 is 23.9 Å². The van der Waals surface area contributed by atoms with Gasteiger partial charge in [0.1, 0.15) is 6.54 Å². The molecule has 0 aromatic heterocycles. The van der Waals surface area contributed by atoms with E-state index in [4.69, 9.17) is 16.3 Å². The van der Waals surface area contributed by atoms with Crippen molar-refractivity contribution in [2.24, 2.45) is 23.7 Å². The number of ether oxygens (including phenoxy) is 1. The van der Waals surface area contributed by atoms with Crippen LogP contribution in [0.3, 0.4) is 0 Å². The van der Waals surface area contributed by atoms with E-state index in [0.29, 0.717) is 10.7 Å². The molecule has 1 N–H and O–H groups in total. The molecule has 1 aromatic rings. The number of fused-ring (bicyclic) bond motifs is 5. The highest BCUT2D eigenvalue weighted by Gasteiger charge is 2.59. The van der Waals surface area contributed by atoms with Crippen LogP contribution in [0, 0.1) is 30.6 Å². The molecular formula is C20H19ClN2O5. The van der Waals surface area contributed by atoms with Crippen molar-refractivity contribution in [1.29, 1.82) is 0 Å². The molecule has 0 radical (unpaired) electrons. The quantitative estimate of drug-likeness (QED) is 0.461. The van der Waals surface area contributed by atoms with Gasteiger partial charge in [-0.2, -0.15) is 0 Å². The van der Waals surface area contributed by atoms with Crippen LogP contribution in [0.1, 0.15) is 12.0 Å². The molecule has 1 saturated carbocycles. The van der Waals surface area contributed by atoms with E-state index in [0.717, 1.165) is 16.9 Å². The molecule has 8 heteroatoms. The lowest BCUT2D eigenvalue weighted by Crippen LogP contribution is -2.38. The molecule has 0 spiro atoms. The number of rotatable bonds is 5. The van der Waals surface area contributed by atoms with Crippen molar-refractivity contribution in [1.82, 2.24) is 4.90 Å². The molecule has 1 saturated heterocycles. The number of amides is 3. The molecular weight excluding hydrogens is 384 g/mol. The first-order valence-corrected chi connectivity index (χ1v) is 9.48. The number of halogens is 1. The van der Waals surface area contributed by atoms with E-state index in [9.17, 15) is 19.2 Å². The summed E-state index contributed by atoms with van der Waals surface area (Å²) >= 11 is 5.90. The van der Waals surface area contributed by atoms with Gasteiger partial charge in [-0.25, -0.2) is 0 Å². The van der Waals surface area contributed by atoms with Gasteiger partial charge in [0, 0.05) is 10.7 Å². The number of allylic oxidation sites excluding steroid dienone is 2. The second-order valence-electron chi connectivity index (χ2n) is 7.43. The Kier molecular flexibility index (Phi) is 4.71. The first-order valence-electron chi connectivity index (χ1n) is 9.10. The van der Waals surface area contributed by atoms with E-state index in [2.05, 4.69) is 5.32 Å². The maximum absolute atomic E-state index is 12.5. The molecule has 7 nitrogen and oxygen atoms in total. The van der Waals surface area contributed by atoms with Crippen molar-refractivity contribution in [3.63, 3.8) is 0 Å². The number of carbonyl (C=O) groups is 4. The van der Waals surface area contributed by atoms with Gasteiger partial charge in [0.2, 0.25) is 11.8 Å². The third kappa shape index (κ3) is 3.20. The lowest BCUT2D eigenvalue weighted by Gasteiger charge is -2.16. The molecule has 3 amide bonds. The number of hydrogen-bond acceptors (Lipinski definition) is 5. The third-order valence-corrected chi connectivity index (χ3v) is 5.92. The topological polar surface area (TPSA) is 92.8 Å². The van der Waals surface area contributed by atoms with Crippen molar-refractivity contribution >= 4 is 41.0 Å². The fraction of sp³-hybridized carbons (Fsp3) is 0.400. The van der Waals surface area contributed by atoms with Crippen molar-refractivity contribution in [2.45, 2.75) is 13.3 Å². The third-order valence-electron chi connectivity index (χ3n) is 5.69. The van der Waals surface area contributed by atoms with Crippen molar-refractivity contribution in [3.05, 3.63) is 40.9 Å². The molecule has 4 rings (SSSR count). The number of hydrogen-bond donors (Lipinski definition) is 1. The molecule has 146 valence electrons. The molecule has 1 aliphatic heterocycles. The number of likely N-dealkylation sites (tertiary alicyclic amines) is 1. The van der Waals surface area contributed by atoms with Gasteiger partial charge in [-0.3, -0.25) is 24.1 Å². The summed E-state index contributed by atoms with van der Waals surface area (Å²) in [5, 5.41) is 3.08. The molecule has 1 aromatic carbocycles. The minimum absolute atomic E-state index is 0.0826. The average Bonchev–Trinajstić information content (AvgIpc) is 3.33. The fourth-order valence-corrected chi connectivity index (χ4v) is 4.53. The summed E-state index contributed by atoms with van der Waals surface area (Å²) in [7, 11) is 0. The summed E-state index contributed by atoms with van der Waals surface area (Å²) in [6, 6.07) is 5.06. The standard InChI is InChI=1S/C20H19ClN2O5/c1-10-2-5-13(21)7-14(10)22-15(24)9-28-16(25)8-23-19(26)17-11-3-4-12(6-11)18(17)20(23)27/h2-5,7,11-12,17-18H,6,8-9H2,1H3,(H,22,24)/t11-,12+,17-,18+. The summed E-state index contributed by atoms with van der Waals surface area (Å²) < 4.78 is 4.95. The number of carbonyl (C=O) groups excluding carboxylic acids is 4. The number of aryl methyl sites for hydroxylation is 1. The van der Waals surface area contributed by atoms with E-state index in [-0.39, 0.29) is 35.5 Å². The highest BCUT2D eigenvalue weighted by Crippen LogP contribution is 2.52. The van der Waals surface area contributed by atoms with Gasteiger partial charge in [0.15, 0.2) is 6.61 Å². The molecule has 2 fully saturated rings. The van der Waals surface area contributed by atoms with Gasteiger partial charge in [0.25, 0.3) is 5.91 Å². The number of anilines is 1. The zero-order valence-electron chi connectivity index (χ0n) is 15.2.